The van der Waals surface area contributed by atoms with Crippen molar-refractivity contribution in [3.8, 4) is 0 Å². The Labute approximate surface area is 146 Å². The summed E-state index contributed by atoms with van der Waals surface area (Å²) in [5, 5.41) is 3.90. The van der Waals surface area contributed by atoms with E-state index in [9.17, 15) is 9.59 Å². The number of nitrogens with one attached hydrogen (secondary N) is 2. The van der Waals surface area contributed by atoms with E-state index in [1.807, 2.05) is 39.1 Å². The monoisotopic (exact) mass is 342 g/mol. The number of benzene rings is 1. The van der Waals surface area contributed by atoms with Crippen molar-refractivity contribution in [2.24, 2.45) is 0 Å². The van der Waals surface area contributed by atoms with Crippen molar-refractivity contribution in [2.75, 3.05) is 0 Å². The third kappa shape index (κ3) is 3.74. The fourth-order valence-corrected chi connectivity index (χ4v) is 3.19. The van der Waals surface area contributed by atoms with Crippen molar-refractivity contribution in [1.29, 1.82) is 0 Å². The van der Waals surface area contributed by atoms with Gasteiger partial charge in [0.15, 0.2) is 0 Å². The summed E-state index contributed by atoms with van der Waals surface area (Å²) < 4.78 is 5.31. The van der Waals surface area contributed by atoms with Gasteiger partial charge >= 0.3 is 12.0 Å². The topological polar surface area (TPSA) is 98.8 Å². The molecule has 1 atom stereocenters. The van der Waals surface area contributed by atoms with E-state index in [2.05, 4.69) is 22.1 Å². The number of ether oxygens (including phenoxy) is 1. The highest BCUT2D eigenvalue weighted by atomic mass is 16.6. The predicted molar refractivity (Wildman–Crippen MR) is 95.9 cm³/mol. The average Bonchev–Trinajstić information content (AvgIpc) is 3.12. The van der Waals surface area contributed by atoms with Gasteiger partial charge in [-0.25, -0.2) is 9.59 Å². The molecule has 1 aromatic heterocycles. The van der Waals surface area contributed by atoms with Gasteiger partial charge in [0.05, 0.1) is 11.6 Å². The van der Waals surface area contributed by atoms with Crippen LogP contribution in [-0.2, 0) is 4.74 Å². The van der Waals surface area contributed by atoms with E-state index in [0.29, 0.717) is 5.56 Å². The second-order valence-electron chi connectivity index (χ2n) is 7.33. The molecule has 0 aliphatic heterocycles. The highest BCUT2D eigenvalue weighted by Crippen LogP contribution is 2.33. The molecule has 0 spiro atoms. The molecule has 0 saturated heterocycles. The standard InChI is InChI=1S/C19H23N3O3/c1-19(2,3)25-18(24)22-12-5-4-11(10-12)13-6-7-15(17(20)23)16-14(13)8-9-21-16/h6-10,12,21H,4-5H2,1-3H3,(H2,20,23)(H,22,24)/p+1. The Morgan fingerprint density at radius 2 is 2.04 bits per heavy atom. The maximum absolute atomic E-state index is 11.9. The first kappa shape index (κ1) is 17.2. The Balaban J connectivity index is 1.83. The first-order valence-corrected chi connectivity index (χ1v) is 8.41. The second-order valence-corrected chi connectivity index (χ2v) is 7.33. The van der Waals surface area contributed by atoms with Gasteiger partial charge in [-0.3, -0.25) is 5.73 Å². The lowest BCUT2D eigenvalue weighted by molar-refractivity contribution is -0.254. The molecule has 6 heteroatoms. The molecule has 132 valence electrons. The molecule has 3 rings (SSSR count). The number of aromatic nitrogens is 1. The zero-order valence-electron chi connectivity index (χ0n) is 14.8. The summed E-state index contributed by atoms with van der Waals surface area (Å²) in [6.45, 7) is 5.53. The van der Waals surface area contributed by atoms with Gasteiger partial charge in [-0.05, 0) is 56.9 Å². The number of alkyl carbamates (subject to hydrolysis) is 1. The molecule has 0 fully saturated rings. The molecule has 0 saturated carbocycles. The third-order valence-electron chi connectivity index (χ3n) is 4.20. The third-order valence-corrected chi connectivity index (χ3v) is 4.20. The van der Waals surface area contributed by atoms with Gasteiger partial charge in [-0.1, -0.05) is 12.1 Å². The lowest BCUT2D eigenvalue weighted by atomic mass is 9.98. The molecule has 25 heavy (non-hydrogen) atoms. The smallest absolute Gasteiger partial charge is 0.408 e. The first-order valence-electron chi connectivity index (χ1n) is 8.41. The number of aromatic amines is 1. The minimum absolute atomic E-state index is 0.0482. The molecular formula is C19H24N3O3+. The SMILES string of the molecule is CC(C)(C)OC(=O)NC1C=C(c2ccc(C([NH3+])=O)c3[nH]ccc23)CC1. The van der Waals surface area contributed by atoms with Gasteiger partial charge in [0.1, 0.15) is 11.2 Å². The molecule has 1 aliphatic rings. The fourth-order valence-electron chi connectivity index (χ4n) is 3.19. The minimum atomic E-state index is -0.511. The molecule has 1 aromatic carbocycles. The number of hydrogen-bond donors (Lipinski definition) is 3. The van der Waals surface area contributed by atoms with E-state index in [1.54, 1.807) is 6.07 Å². The quantitative estimate of drug-likeness (QED) is 0.799. The Bertz CT molecular complexity index is 858. The number of hydrogen-bond acceptors (Lipinski definition) is 3. The van der Waals surface area contributed by atoms with Crippen LogP contribution in [0.3, 0.4) is 0 Å². The number of fused-ring (bicyclic) bond motifs is 1. The minimum Gasteiger partial charge on any atom is -0.444 e. The summed E-state index contributed by atoms with van der Waals surface area (Å²) in [5.74, 6) is -0.205. The number of carbonyl (C=O) groups is 2. The van der Waals surface area contributed by atoms with Crippen LogP contribution in [0.4, 0.5) is 4.79 Å². The van der Waals surface area contributed by atoms with Gasteiger partial charge < -0.3 is 15.0 Å². The van der Waals surface area contributed by atoms with E-state index in [4.69, 9.17) is 4.74 Å². The largest absolute Gasteiger partial charge is 0.444 e. The summed E-state index contributed by atoms with van der Waals surface area (Å²) in [6.07, 6.45) is 5.18. The predicted octanol–water partition coefficient (Wildman–Crippen LogP) is 2.62. The lowest BCUT2D eigenvalue weighted by Crippen LogP contribution is -2.56. The van der Waals surface area contributed by atoms with Crippen LogP contribution in [0.2, 0.25) is 0 Å². The average molecular weight is 342 g/mol. The molecule has 1 heterocycles. The van der Waals surface area contributed by atoms with Crippen LogP contribution in [0, 0.1) is 0 Å². The van der Waals surface area contributed by atoms with Crippen LogP contribution in [0.1, 0.15) is 49.5 Å². The second kappa shape index (κ2) is 6.37. The number of H-pyrrole nitrogens is 1. The van der Waals surface area contributed by atoms with Gasteiger partial charge in [0.2, 0.25) is 0 Å². The fraction of sp³-hybridized carbons (Fsp3) is 0.368. The van der Waals surface area contributed by atoms with E-state index in [1.165, 1.54) is 0 Å². The van der Waals surface area contributed by atoms with E-state index in [0.717, 1.165) is 34.9 Å². The van der Waals surface area contributed by atoms with Crippen LogP contribution in [-0.4, -0.2) is 28.6 Å². The Morgan fingerprint density at radius 1 is 1.28 bits per heavy atom. The van der Waals surface area contributed by atoms with Crippen molar-refractivity contribution in [1.82, 2.24) is 10.3 Å². The molecule has 0 radical (unpaired) electrons. The normalized spacial score (nSPS) is 17.4. The first-order chi connectivity index (χ1) is 11.7. The summed E-state index contributed by atoms with van der Waals surface area (Å²) in [4.78, 5) is 26.7. The summed E-state index contributed by atoms with van der Waals surface area (Å²) in [6, 6.07) is 5.68. The van der Waals surface area contributed by atoms with Crippen molar-refractivity contribution in [3.05, 3.63) is 41.6 Å². The maximum atomic E-state index is 11.9. The van der Waals surface area contributed by atoms with Gasteiger partial charge in [-0.15, -0.1) is 0 Å². The summed E-state index contributed by atoms with van der Waals surface area (Å²) >= 11 is 0. The van der Waals surface area contributed by atoms with Gasteiger partial charge in [0.25, 0.3) is 0 Å². The lowest BCUT2D eigenvalue weighted by Gasteiger charge is -2.21. The number of rotatable bonds is 3. The van der Waals surface area contributed by atoms with Crippen molar-refractivity contribution in [3.63, 3.8) is 0 Å². The van der Waals surface area contributed by atoms with Crippen LogP contribution < -0.4 is 11.1 Å². The van der Waals surface area contributed by atoms with Crippen molar-refractivity contribution in [2.45, 2.75) is 45.3 Å². The Morgan fingerprint density at radius 3 is 2.72 bits per heavy atom. The van der Waals surface area contributed by atoms with Crippen molar-refractivity contribution < 1.29 is 20.1 Å². The molecule has 1 aliphatic carbocycles. The van der Waals surface area contributed by atoms with Crippen LogP contribution >= 0.6 is 0 Å². The van der Waals surface area contributed by atoms with Gasteiger partial charge in [-0.2, -0.15) is 0 Å². The zero-order chi connectivity index (χ0) is 18.2. The highest BCUT2D eigenvalue weighted by molar-refractivity contribution is 6.05. The van der Waals surface area contributed by atoms with Gasteiger partial charge in [0, 0.05) is 11.6 Å². The molecule has 6 nitrogen and oxygen atoms in total. The van der Waals surface area contributed by atoms with Crippen LogP contribution in [0.15, 0.2) is 30.5 Å². The number of carbonyl (C=O) groups excluding carboxylic acids is 2. The Kier molecular flexibility index (Phi) is 4.39. The van der Waals surface area contributed by atoms with E-state index >= 15 is 0 Å². The van der Waals surface area contributed by atoms with Crippen LogP contribution in [0.25, 0.3) is 16.5 Å². The number of amides is 2. The molecule has 5 N–H and O–H groups in total. The Hall–Kier alpha value is -2.60. The molecule has 2 aromatic rings. The van der Waals surface area contributed by atoms with Crippen molar-refractivity contribution >= 4 is 28.5 Å². The molecule has 1 unspecified atom stereocenters. The molecule has 2 amide bonds. The zero-order valence-corrected chi connectivity index (χ0v) is 14.8. The highest BCUT2D eigenvalue weighted by Gasteiger charge is 2.24. The number of quaternary nitrogens is 1. The number of allylic oxidation sites excluding steroid dienone is 1. The van der Waals surface area contributed by atoms with E-state index < -0.39 is 11.7 Å². The molecular weight excluding hydrogens is 318 g/mol. The summed E-state index contributed by atoms with van der Waals surface area (Å²) in [5.41, 5.74) is 6.63. The van der Waals surface area contributed by atoms with E-state index in [-0.39, 0.29) is 11.9 Å². The maximum Gasteiger partial charge on any atom is 0.408 e. The summed E-state index contributed by atoms with van der Waals surface area (Å²) in [7, 11) is 0. The molecule has 0 bridgehead atoms. The van der Waals surface area contributed by atoms with Crippen LogP contribution in [0.5, 0.6) is 0 Å².